The molecule has 0 aliphatic heterocycles. The predicted molar refractivity (Wildman–Crippen MR) is 116 cm³/mol. The Hall–Kier alpha value is -1.95. The molecule has 0 fully saturated rings. The van der Waals surface area contributed by atoms with Gasteiger partial charge >= 0.3 is 10.2 Å². The van der Waals surface area contributed by atoms with E-state index in [9.17, 15) is 13.5 Å². The van der Waals surface area contributed by atoms with E-state index in [1.165, 1.54) is 18.8 Å². The minimum absolute atomic E-state index is 0.0458. The molecule has 11 heteroatoms. The third-order valence-electron chi connectivity index (χ3n) is 3.97. The van der Waals surface area contributed by atoms with Gasteiger partial charge in [-0.2, -0.15) is 23.4 Å². The molecule has 0 spiro atoms. The van der Waals surface area contributed by atoms with Crippen LogP contribution in [0, 0.1) is 5.92 Å². The van der Waals surface area contributed by atoms with Gasteiger partial charge in [0.05, 0.1) is 12.6 Å². The maximum Gasteiger partial charge on any atom is 0.301 e. The number of aromatic nitrogens is 3. The van der Waals surface area contributed by atoms with Gasteiger partial charge in [0.1, 0.15) is 0 Å². The molecule has 4 N–H and O–H groups in total. The molecule has 0 aliphatic carbocycles. The predicted octanol–water partition coefficient (Wildman–Crippen LogP) is 2.42. The average Bonchev–Trinajstić information content (AvgIpc) is 2.67. The second kappa shape index (κ2) is 10.7. The Balaban J connectivity index is 2.30. The van der Waals surface area contributed by atoms with Gasteiger partial charge in [-0.1, -0.05) is 55.9 Å². The van der Waals surface area contributed by atoms with E-state index in [1.807, 2.05) is 51.1 Å². The van der Waals surface area contributed by atoms with Crippen molar-refractivity contribution in [3.8, 4) is 0 Å². The zero-order valence-electron chi connectivity index (χ0n) is 17.0. The lowest BCUT2D eigenvalue weighted by Crippen LogP contribution is -2.29. The lowest BCUT2D eigenvalue weighted by Gasteiger charge is -2.19. The number of thioether (sulfide) groups is 1. The summed E-state index contributed by atoms with van der Waals surface area (Å²) >= 11 is 1.39. The maximum absolute atomic E-state index is 11.9. The van der Waals surface area contributed by atoms with Gasteiger partial charge in [-0.3, -0.25) is 0 Å². The van der Waals surface area contributed by atoms with Gasteiger partial charge in [0.15, 0.2) is 5.16 Å². The maximum atomic E-state index is 11.9. The topological polar surface area (TPSA) is 129 Å². The summed E-state index contributed by atoms with van der Waals surface area (Å²) in [4.78, 5) is 12.8. The van der Waals surface area contributed by atoms with Gasteiger partial charge in [-0.15, -0.1) is 0 Å². The SMILES string of the molecule is CNS(=O)(=O)Nc1nc(N[C@@H](CO)CC(C)C)nc(SC(C)c2ccccc2)n1. The third kappa shape index (κ3) is 7.77. The van der Waals surface area contributed by atoms with E-state index in [0.717, 1.165) is 5.56 Å². The van der Waals surface area contributed by atoms with Crippen LogP contribution in [0.1, 0.15) is 38.0 Å². The minimum atomic E-state index is -3.78. The summed E-state index contributed by atoms with van der Waals surface area (Å²) in [5.41, 5.74) is 1.10. The molecule has 29 heavy (non-hydrogen) atoms. The Bertz CT molecular complexity index is 880. The summed E-state index contributed by atoms with van der Waals surface area (Å²) in [6.45, 7) is 6.02. The van der Waals surface area contributed by atoms with Crippen LogP contribution in [0.2, 0.25) is 0 Å². The molecule has 2 aromatic rings. The van der Waals surface area contributed by atoms with Crippen LogP contribution in [-0.2, 0) is 10.2 Å². The molecular weight excluding hydrogens is 412 g/mol. The fourth-order valence-corrected chi connectivity index (χ4v) is 3.89. The Morgan fingerprint density at radius 2 is 1.72 bits per heavy atom. The van der Waals surface area contributed by atoms with Gasteiger partial charge in [0.25, 0.3) is 0 Å². The zero-order valence-corrected chi connectivity index (χ0v) is 18.6. The Morgan fingerprint density at radius 1 is 1.07 bits per heavy atom. The first-order valence-electron chi connectivity index (χ1n) is 9.28. The van der Waals surface area contributed by atoms with Crippen molar-refractivity contribution in [2.24, 2.45) is 5.92 Å². The first-order chi connectivity index (χ1) is 13.7. The molecule has 1 unspecified atom stereocenters. The molecule has 0 aliphatic rings. The molecule has 160 valence electrons. The van der Waals surface area contributed by atoms with Crippen LogP contribution < -0.4 is 14.8 Å². The number of anilines is 2. The van der Waals surface area contributed by atoms with E-state index in [1.54, 1.807) is 0 Å². The summed E-state index contributed by atoms with van der Waals surface area (Å²) in [7, 11) is -2.49. The summed E-state index contributed by atoms with van der Waals surface area (Å²) in [6, 6.07) is 9.62. The molecule has 2 rings (SSSR count). The number of nitrogens with zero attached hydrogens (tertiary/aromatic N) is 3. The molecule has 1 aromatic carbocycles. The van der Waals surface area contributed by atoms with Gasteiger partial charge < -0.3 is 10.4 Å². The molecule has 0 radical (unpaired) electrons. The number of benzene rings is 1. The number of nitrogens with one attached hydrogen (secondary N) is 3. The van der Waals surface area contributed by atoms with Crippen LogP contribution in [0.5, 0.6) is 0 Å². The highest BCUT2D eigenvalue weighted by molar-refractivity contribution is 7.99. The van der Waals surface area contributed by atoms with Crippen molar-refractivity contribution in [1.82, 2.24) is 19.7 Å². The van der Waals surface area contributed by atoms with Gasteiger partial charge in [0.2, 0.25) is 11.9 Å². The average molecular weight is 441 g/mol. The zero-order chi connectivity index (χ0) is 21.4. The lowest BCUT2D eigenvalue weighted by molar-refractivity contribution is 0.259. The summed E-state index contributed by atoms with van der Waals surface area (Å²) in [6.07, 6.45) is 0.711. The number of aliphatic hydroxyl groups is 1. The largest absolute Gasteiger partial charge is 0.394 e. The summed E-state index contributed by atoms with van der Waals surface area (Å²) < 4.78 is 28.2. The van der Waals surface area contributed by atoms with E-state index in [4.69, 9.17) is 0 Å². The fraction of sp³-hybridized carbons (Fsp3) is 0.500. The first kappa shape index (κ1) is 23.3. The molecule has 0 saturated carbocycles. The highest BCUT2D eigenvalue weighted by Gasteiger charge is 2.18. The normalized spacial score (nSPS) is 13.9. The van der Waals surface area contributed by atoms with Crippen molar-refractivity contribution in [3.63, 3.8) is 0 Å². The molecule has 2 atom stereocenters. The number of hydrogen-bond donors (Lipinski definition) is 4. The van der Waals surface area contributed by atoms with E-state index in [0.29, 0.717) is 17.5 Å². The number of rotatable bonds is 11. The first-order valence-corrected chi connectivity index (χ1v) is 11.6. The Labute approximate surface area is 176 Å². The van der Waals surface area contributed by atoms with Crippen LogP contribution in [0.15, 0.2) is 35.5 Å². The fourth-order valence-electron chi connectivity index (χ4n) is 2.57. The number of hydrogen-bond acceptors (Lipinski definition) is 8. The Morgan fingerprint density at radius 3 is 2.31 bits per heavy atom. The third-order valence-corrected chi connectivity index (χ3v) is 5.98. The van der Waals surface area contributed by atoms with Gasteiger partial charge in [-0.25, -0.2) is 9.44 Å². The molecule has 1 heterocycles. The summed E-state index contributed by atoms with van der Waals surface area (Å²) in [5, 5.41) is 13.1. The minimum Gasteiger partial charge on any atom is -0.394 e. The molecule has 0 amide bonds. The van der Waals surface area contributed by atoms with E-state index in [2.05, 4.69) is 29.7 Å². The van der Waals surface area contributed by atoms with Crippen LogP contribution in [0.3, 0.4) is 0 Å². The Kier molecular flexibility index (Phi) is 8.62. The van der Waals surface area contributed by atoms with Crippen LogP contribution in [-0.4, -0.2) is 48.2 Å². The molecule has 9 nitrogen and oxygen atoms in total. The molecule has 0 bridgehead atoms. The van der Waals surface area contributed by atoms with Crippen LogP contribution in [0.4, 0.5) is 11.9 Å². The van der Waals surface area contributed by atoms with E-state index >= 15 is 0 Å². The van der Waals surface area contributed by atoms with Crippen molar-refractivity contribution in [1.29, 1.82) is 0 Å². The van der Waals surface area contributed by atoms with Crippen molar-refractivity contribution in [2.75, 3.05) is 23.7 Å². The van der Waals surface area contributed by atoms with Crippen LogP contribution >= 0.6 is 11.8 Å². The van der Waals surface area contributed by atoms with E-state index < -0.39 is 10.2 Å². The highest BCUT2D eigenvalue weighted by Crippen LogP contribution is 2.33. The summed E-state index contributed by atoms with van der Waals surface area (Å²) in [5.74, 6) is 0.466. The smallest absolute Gasteiger partial charge is 0.301 e. The second-order valence-corrected chi connectivity index (χ2v) is 9.83. The van der Waals surface area contributed by atoms with Crippen LogP contribution in [0.25, 0.3) is 0 Å². The lowest BCUT2D eigenvalue weighted by atomic mass is 10.0. The quantitative estimate of drug-likeness (QED) is 0.392. The van der Waals surface area contributed by atoms with Crippen molar-refractivity contribution < 1.29 is 13.5 Å². The standard InChI is InChI=1S/C18H28N6O3S2/c1-12(2)10-15(11-25)20-16-21-17(24-29(26,27)19-4)23-18(22-16)28-13(3)14-8-6-5-7-9-14/h5-9,12-13,15,19,25H,10-11H2,1-4H3,(H2,20,21,22,23,24)/t13?,15-/m1/s1. The monoisotopic (exact) mass is 440 g/mol. The van der Waals surface area contributed by atoms with Crippen molar-refractivity contribution >= 4 is 33.9 Å². The van der Waals surface area contributed by atoms with Crippen molar-refractivity contribution in [3.05, 3.63) is 35.9 Å². The van der Waals surface area contributed by atoms with Gasteiger partial charge in [0, 0.05) is 12.3 Å². The van der Waals surface area contributed by atoms with Crippen molar-refractivity contribution in [2.45, 2.75) is 43.6 Å². The molecular formula is C18H28N6O3S2. The molecule has 1 aromatic heterocycles. The van der Waals surface area contributed by atoms with E-state index in [-0.39, 0.29) is 29.8 Å². The number of aliphatic hydroxyl groups excluding tert-OH is 1. The second-order valence-electron chi connectivity index (χ2n) is 6.90. The molecule has 0 saturated heterocycles. The highest BCUT2D eigenvalue weighted by atomic mass is 32.2. The van der Waals surface area contributed by atoms with Gasteiger partial charge in [-0.05, 0) is 24.8 Å².